The molecule has 19 heavy (non-hydrogen) atoms. The largest absolute Gasteiger partial charge is 0.340 e. The lowest BCUT2D eigenvalue weighted by molar-refractivity contribution is 0.893. The van der Waals surface area contributed by atoms with Crippen LogP contribution in [0.25, 0.3) is 0 Å². The van der Waals surface area contributed by atoms with Crippen LogP contribution in [0, 0.1) is 6.92 Å². The molecule has 1 N–H and O–H groups in total. The predicted octanol–water partition coefficient (Wildman–Crippen LogP) is 2.55. The van der Waals surface area contributed by atoms with Gasteiger partial charge in [-0.15, -0.1) is 6.58 Å². The van der Waals surface area contributed by atoms with Gasteiger partial charge < -0.3 is 10.2 Å². The van der Waals surface area contributed by atoms with Gasteiger partial charge in [0.2, 0.25) is 11.9 Å². The monoisotopic (exact) mass is 255 g/mol. The van der Waals surface area contributed by atoms with Crippen LogP contribution in [0.4, 0.5) is 17.6 Å². The van der Waals surface area contributed by atoms with E-state index < -0.39 is 0 Å². The molecule has 5 heteroatoms. The highest BCUT2D eigenvalue weighted by molar-refractivity contribution is 5.53. The molecule has 0 radical (unpaired) electrons. The molecule has 0 amide bonds. The Bertz CT molecular complexity index is 553. The molecule has 0 aliphatic carbocycles. The summed E-state index contributed by atoms with van der Waals surface area (Å²) < 4.78 is 0. The Morgan fingerprint density at radius 3 is 2.63 bits per heavy atom. The lowest BCUT2D eigenvalue weighted by atomic mass is 10.3. The highest BCUT2D eigenvalue weighted by atomic mass is 15.3. The second-order valence-corrected chi connectivity index (χ2v) is 4.17. The maximum Gasteiger partial charge on any atom is 0.232 e. The molecular weight excluding hydrogens is 238 g/mol. The number of aryl methyl sites for hydroxylation is 1. The molecule has 0 aliphatic rings. The number of benzene rings is 1. The van der Waals surface area contributed by atoms with Crippen LogP contribution in [-0.2, 0) is 0 Å². The maximum absolute atomic E-state index is 4.39. The second kappa shape index (κ2) is 5.95. The van der Waals surface area contributed by atoms with Gasteiger partial charge >= 0.3 is 0 Å². The number of anilines is 3. The second-order valence-electron chi connectivity index (χ2n) is 4.17. The minimum absolute atomic E-state index is 0.546. The van der Waals surface area contributed by atoms with E-state index in [0.29, 0.717) is 24.3 Å². The Labute approximate surface area is 113 Å². The topological polar surface area (TPSA) is 53.9 Å². The van der Waals surface area contributed by atoms with Gasteiger partial charge in [-0.2, -0.15) is 15.0 Å². The summed E-state index contributed by atoms with van der Waals surface area (Å²) in [5, 5.41) is 3.17. The van der Waals surface area contributed by atoms with E-state index in [1.54, 1.807) is 0 Å². The molecule has 2 rings (SSSR count). The number of para-hydroxylation sites is 1. The smallest absolute Gasteiger partial charge is 0.232 e. The quantitative estimate of drug-likeness (QED) is 0.832. The standard InChI is InChI=1S/C14H17N5/c1-4-10-19(3)14-16-11(2)15-13(18-14)17-12-8-6-5-7-9-12/h4-9H,1,10H2,2-3H3,(H,15,16,17,18). The van der Waals surface area contributed by atoms with Crippen molar-refractivity contribution in [2.75, 3.05) is 23.8 Å². The summed E-state index contributed by atoms with van der Waals surface area (Å²) in [5.74, 6) is 1.86. The SMILES string of the molecule is C=CCN(C)c1nc(C)nc(Nc2ccccc2)n1. The fraction of sp³-hybridized carbons (Fsp3) is 0.214. The number of hydrogen-bond donors (Lipinski definition) is 1. The lowest BCUT2D eigenvalue weighted by Crippen LogP contribution is -2.20. The molecule has 98 valence electrons. The summed E-state index contributed by atoms with van der Waals surface area (Å²) >= 11 is 0. The molecule has 0 spiro atoms. The van der Waals surface area contributed by atoms with Gasteiger partial charge in [0.25, 0.3) is 0 Å². The first kappa shape index (κ1) is 13.0. The van der Waals surface area contributed by atoms with Gasteiger partial charge in [-0.05, 0) is 19.1 Å². The van der Waals surface area contributed by atoms with E-state index in [-0.39, 0.29) is 0 Å². The molecule has 5 nitrogen and oxygen atoms in total. The van der Waals surface area contributed by atoms with Gasteiger partial charge in [-0.3, -0.25) is 0 Å². The van der Waals surface area contributed by atoms with E-state index in [9.17, 15) is 0 Å². The van der Waals surface area contributed by atoms with Crippen molar-refractivity contribution in [3.8, 4) is 0 Å². The molecule has 0 bridgehead atoms. The Kier molecular flexibility index (Phi) is 4.07. The van der Waals surface area contributed by atoms with Crippen molar-refractivity contribution >= 4 is 17.6 Å². The summed E-state index contributed by atoms with van der Waals surface area (Å²) in [4.78, 5) is 14.9. The van der Waals surface area contributed by atoms with Gasteiger partial charge in [0, 0.05) is 19.3 Å². The van der Waals surface area contributed by atoms with Crippen LogP contribution in [-0.4, -0.2) is 28.5 Å². The van der Waals surface area contributed by atoms with Gasteiger partial charge in [0.05, 0.1) is 0 Å². The van der Waals surface area contributed by atoms with Crippen LogP contribution in [0.2, 0.25) is 0 Å². The van der Waals surface area contributed by atoms with Crippen LogP contribution in [0.5, 0.6) is 0 Å². The molecular formula is C14H17N5. The fourth-order valence-electron chi connectivity index (χ4n) is 1.62. The Morgan fingerprint density at radius 2 is 1.95 bits per heavy atom. The Balaban J connectivity index is 2.24. The van der Waals surface area contributed by atoms with Crippen molar-refractivity contribution in [2.24, 2.45) is 0 Å². The number of hydrogen-bond acceptors (Lipinski definition) is 5. The zero-order chi connectivity index (χ0) is 13.7. The lowest BCUT2D eigenvalue weighted by Gasteiger charge is -2.15. The molecule has 1 heterocycles. The third kappa shape index (κ3) is 3.51. The Hall–Kier alpha value is -2.43. The number of rotatable bonds is 5. The average molecular weight is 255 g/mol. The molecule has 0 fully saturated rings. The van der Waals surface area contributed by atoms with E-state index in [1.807, 2.05) is 55.3 Å². The van der Waals surface area contributed by atoms with Crippen LogP contribution in [0.15, 0.2) is 43.0 Å². The number of nitrogens with zero attached hydrogens (tertiary/aromatic N) is 4. The number of aromatic nitrogens is 3. The molecule has 0 saturated carbocycles. The zero-order valence-electron chi connectivity index (χ0n) is 11.2. The summed E-state index contributed by atoms with van der Waals surface area (Å²) in [7, 11) is 1.92. The van der Waals surface area contributed by atoms with Crippen LogP contribution in [0.1, 0.15) is 5.82 Å². The first-order valence-corrected chi connectivity index (χ1v) is 6.06. The van der Waals surface area contributed by atoms with Crippen LogP contribution >= 0.6 is 0 Å². The van der Waals surface area contributed by atoms with Crippen molar-refractivity contribution in [3.05, 3.63) is 48.8 Å². The summed E-state index contributed by atoms with van der Waals surface area (Å²) in [6, 6.07) is 9.81. The zero-order valence-corrected chi connectivity index (χ0v) is 11.2. The minimum Gasteiger partial charge on any atom is -0.340 e. The van der Waals surface area contributed by atoms with E-state index in [1.165, 1.54) is 0 Å². The van der Waals surface area contributed by atoms with E-state index in [0.717, 1.165) is 5.69 Å². The van der Waals surface area contributed by atoms with Crippen molar-refractivity contribution < 1.29 is 0 Å². The van der Waals surface area contributed by atoms with Crippen LogP contribution in [0.3, 0.4) is 0 Å². The van der Waals surface area contributed by atoms with E-state index in [2.05, 4.69) is 26.8 Å². The third-order valence-electron chi connectivity index (χ3n) is 2.51. The van der Waals surface area contributed by atoms with Crippen molar-refractivity contribution in [2.45, 2.75) is 6.92 Å². The summed E-state index contributed by atoms with van der Waals surface area (Å²) in [6.07, 6.45) is 1.81. The highest BCUT2D eigenvalue weighted by Crippen LogP contribution is 2.14. The molecule has 1 aromatic heterocycles. The van der Waals surface area contributed by atoms with Gasteiger partial charge in [0.1, 0.15) is 5.82 Å². The van der Waals surface area contributed by atoms with Gasteiger partial charge in [0.15, 0.2) is 0 Å². The molecule has 0 atom stereocenters. The molecule has 0 saturated heterocycles. The summed E-state index contributed by atoms with van der Waals surface area (Å²) in [6.45, 7) is 6.25. The summed E-state index contributed by atoms with van der Waals surface area (Å²) in [5.41, 5.74) is 0.949. The molecule has 1 aromatic carbocycles. The van der Waals surface area contributed by atoms with Gasteiger partial charge in [-0.1, -0.05) is 24.3 Å². The molecule has 0 aliphatic heterocycles. The number of nitrogens with one attached hydrogen (secondary N) is 1. The van der Waals surface area contributed by atoms with Gasteiger partial charge in [-0.25, -0.2) is 0 Å². The average Bonchev–Trinajstić information content (AvgIpc) is 2.39. The van der Waals surface area contributed by atoms with Crippen molar-refractivity contribution in [3.63, 3.8) is 0 Å². The minimum atomic E-state index is 0.546. The normalized spacial score (nSPS) is 10.0. The first-order chi connectivity index (χ1) is 9.19. The third-order valence-corrected chi connectivity index (χ3v) is 2.51. The van der Waals surface area contributed by atoms with Crippen molar-refractivity contribution in [1.82, 2.24) is 15.0 Å². The van der Waals surface area contributed by atoms with Crippen molar-refractivity contribution in [1.29, 1.82) is 0 Å². The first-order valence-electron chi connectivity index (χ1n) is 6.06. The van der Waals surface area contributed by atoms with E-state index in [4.69, 9.17) is 0 Å². The predicted molar refractivity (Wildman–Crippen MR) is 77.8 cm³/mol. The van der Waals surface area contributed by atoms with Crippen LogP contribution < -0.4 is 10.2 Å². The fourth-order valence-corrected chi connectivity index (χ4v) is 1.62. The molecule has 2 aromatic rings. The highest BCUT2D eigenvalue weighted by Gasteiger charge is 2.07. The van der Waals surface area contributed by atoms with E-state index >= 15 is 0 Å². The number of likely N-dealkylation sites (N-methyl/N-ethyl adjacent to an activating group) is 1. The Morgan fingerprint density at radius 1 is 1.21 bits per heavy atom. The maximum atomic E-state index is 4.39. The molecule has 0 unspecified atom stereocenters.